The van der Waals surface area contributed by atoms with Crippen molar-refractivity contribution in [3.63, 3.8) is 0 Å². The molecule has 6 nitrogen and oxygen atoms in total. The first-order chi connectivity index (χ1) is 10.1. The van der Waals surface area contributed by atoms with E-state index in [1.165, 1.54) is 4.72 Å². The van der Waals surface area contributed by atoms with Crippen LogP contribution in [0.5, 0.6) is 0 Å². The lowest BCUT2D eigenvalue weighted by Gasteiger charge is -2.34. The van der Waals surface area contributed by atoms with Crippen molar-refractivity contribution in [1.82, 2.24) is 9.44 Å². The maximum atomic E-state index is 12.0. The third kappa shape index (κ3) is 5.34. The van der Waals surface area contributed by atoms with Crippen molar-refractivity contribution in [2.45, 2.75) is 50.7 Å². The van der Waals surface area contributed by atoms with E-state index in [9.17, 15) is 21.6 Å². The highest BCUT2D eigenvalue weighted by Gasteiger charge is 2.43. The summed E-state index contributed by atoms with van der Waals surface area (Å²) in [5.74, 6) is -0.0379. The van der Waals surface area contributed by atoms with Gasteiger partial charge in [0.15, 0.2) is 5.79 Å². The Kier molecular flexibility index (Phi) is 5.38. The van der Waals surface area contributed by atoms with E-state index in [1.807, 2.05) is 0 Å². The van der Waals surface area contributed by atoms with Gasteiger partial charge in [-0.2, -0.15) is 31.0 Å². The normalized spacial score (nSPS) is 33.5. The minimum absolute atomic E-state index is 0.121. The van der Waals surface area contributed by atoms with Crippen LogP contribution >= 0.6 is 0 Å². The van der Waals surface area contributed by atoms with Gasteiger partial charge in [-0.1, -0.05) is 6.92 Å². The fourth-order valence-corrected chi connectivity index (χ4v) is 3.47. The summed E-state index contributed by atoms with van der Waals surface area (Å²) >= 11 is 0. The molecule has 0 unspecified atom stereocenters. The van der Waals surface area contributed by atoms with Crippen LogP contribution in [0.1, 0.15) is 32.6 Å². The van der Waals surface area contributed by atoms with E-state index in [1.54, 1.807) is 0 Å². The second-order valence-electron chi connectivity index (χ2n) is 5.93. The zero-order valence-electron chi connectivity index (χ0n) is 12.3. The molecule has 0 aromatic carbocycles. The highest BCUT2D eigenvalue weighted by atomic mass is 32.2. The number of nitrogens with one attached hydrogen (secondary N) is 2. The van der Waals surface area contributed by atoms with Crippen LogP contribution in [0.25, 0.3) is 0 Å². The van der Waals surface area contributed by atoms with Crippen LogP contribution in [0.4, 0.5) is 13.2 Å². The predicted molar refractivity (Wildman–Crippen MR) is 72.2 cm³/mol. The van der Waals surface area contributed by atoms with Crippen molar-refractivity contribution in [1.29, 1.82) is 0 Å². The molecule has 0 radical (unpaired) electrons. The quantitative estimate of drug-likeness (QED) is 0.787. The molecule has 2 rings (SSSR count). The van der Waals surface area contributed by atoms with Crippen LogP contribution in [0.15, 0.2) is 0 Å². The summed E-state index contributed by atoms with van der Waals surface area (Å²) in [5.41, 5.74) is 0. The van der Waals surface area contributed by atoms with Gasteiger partial charge in [0.1, 0.15) is 6.54 Å². The van der Waals surface area contributed by atoms with Crippen LogP contribution in [-0.2, 0) is 19.7 Å². The van der Waals surface area contributed by atoms with Gasteiger partial charge < -0.3 is 9.47 Å². The van der Waals surface area contributed by atoms with Gasteiger partial charge in [0, 0.05) is 19.4 Å². The van der Waals surface area contributed by atoms with Crippen LogP contribution < -0.4 is 9.44 Å². The Hall–Kier alpha value is -0.420. The van der Waals surface area contributed by atoms with E-state index >= 15 is 0 Å². The fraction of sp³-hybridized carbons (Fsp3) is 1.00. The lowest BCUT2D eigenvalue weighted by Crippen LogP contribution is -2.44. The molecule has 0 aromatic rings. The van der Waals surface area contributed by atoms with Crippen LogP contribution in [0, 0.1) is 5.92 Å². The van der Waals surface area contributed by atoms with Gasteiger partial charge in [-0.05, 0) is 18.8 Å². The van der Waals surface area contributed by atoms with Gasteiger partial charge in [0.05, 0.1) is 12.7 Å². The first kappa shape index (κ1) is 17.9. The van der Waals surface area contributed by atoms with Gasteiger partial charge in [-0.15, -0.1) is 0 Å². The summed E-state index contributed by atoms with van der Waals surface area (Å²) < 4.78 is 73.8. The maximum Gasteiger partial charge on any atom is 0.402 e. The first-order valence-electron chi connectivity index (χ1n) is 7.22. The summed E-state index contributed by atoms with van der Waals surface area (Å²) in [7, 11) is -4.21. The molecule has 1 atom stereocenters. The molecule has 0 amide bonds. The van der Waals surface area contributed by atoms with Crippen molar-refractivity contribution >= 4 is 10.2 Å². The molecular formula is C12H21F3N2O4S. The van der Waals surface area contributed by atoms with E-state index in [0.29, 0.717) is 5.92 Å². The average molecular weight is 346 g/mol. The number of alkyl halides is 3. The molecule has 1 aliphatic carbocycles. The molecule has 1 heterocycles. The molecule has 1 aliphatic heterocycles. The smallest absolute Gasteiger partial charge is 0.347 e. The molecule has 0 aromatic heterocycles. The van der Waals surface area contributed by atoms with Crippen LogP contribution in [-0.4, -0.2) is 46.2 Å². The summed E-state index contributed by atoms with van der Waals surface area (Å²) in [4.78, 5) is 0. The molecule has 22 heavy (non-hydrogen) atoms. The van der Waals surface area contributed by atoms with E-state index < -0.39 is 34.8 Å². The minimum Gasteiger partial charge on any atom is -0.347 e. The molecule has 10 heteroatoms. The third-order valence-electron chi connectivity index (χ3n) is 3.91. The average Bonchev–Trinajstić information content (AvgIpc) is 2.81. The van der Waals surface area contributed by atoms with Crippen molar-refractivity contribution in [3.8, 4) is 0 Å². The van der Waals surface area contributed by atoms with E-state index in [2.05, 4.69) is 11.6 Å². The van der Waals surface area contributed by atoms with Gasteiger partial charge in [-0.3, -0.25) is 0 Å². The second kappa shape index (κ2) is 6.60. The second-order valence-corrected chi connectivity index (χ2v) is 7.52. The van der Waals surface area contributed by atoms with Crippen molar-refractivity contribution in [2.24, 2.45) is 5.92 Å². The molecule has 1 saturated heterocycles. The Bertz CT molecular complexity index is 475. The predicted octanol–water partition coefficient (Wildman–Crippen LogP) is 1.29. The van der Waals surface area contributed by atoms with E-state index in [0.717, 1.165) is 25.7 Å². The summed E-state index contributed by atoms with van der Waals surface area (Å²) in [6, 6.07) is 0. The first-order valence-corrected chi connectivity index (χ1v) is 8.70. The molecule has 1 spiro atoms. The SMILES string of the molecule is CC1CCC2(CC1)OC[C@@H](CNS(=O)(=O)NCC(F)(F)F)O2. The lowest BCUT2D eigenvalue weighted by atomic mass is 9.86. The molecule has 2 fully saturated rings. The number of ether oxygens (including phenoxy) is 2. The lowest BCUT2D eigenvalue weighted by molar-refractivity contribution is -0.191. The Morgan fingerprint density at radius 1 is 1.23 bits per heavy atom. The van der Waals surface area contributed by atoms with Crippen molar-refractivity contribution < 1.29 is 31.1 Å². The van der Waals surface area contributed by atoms with E-state index in [-0.39, 0.29) is 13.2 Å². The standard InChI is InChI=1S/C12H21F3N2O4S/c1-9-2-4-11(5-3-9)20-7-10(21-11)6-16-22(18,19)17-8-12(13,14)15/h9-10,16-17H,2-8H2,1H3/t9?,10-,11?/m1/s1. The Balaban J connectivity index is 1.76. The Morgan fingerprint density at radius 2 is 1.86 bits per heavy atom. The molecule has 1 saturated carbocycles. The number of halogens is 3. The van der Waals surface area contributed by atoms with Gasteiger partial charge in [0.25, 0.3) is 10.2 Å². The van der Waals surface area contributed by atoms with Crippen molar-refractivity contribution in [2.75, 3.05) is 19.7 Å². The molecule has 0 bridgehead atoms. The van der Waals surface area contributed by atoms with Crippen LogP contribution in [0.2, 0.25) is 0 Å². The molecule has 2 N–H and O–H groups in total. The highest BCUT2D eigenvalue weighted by Crippen LogP contribution is 2.39. The topological polar surface area (TPSA) is 76.7 Å². The van der Waals surface area contributed by atoms with Crippen LogP contribution in [0.3, 0.4) is 0 Å². The fourth-order valence-electron chi connectivity index (χ4n) is 2.61. The van der Waals surface area contributed by atoms with Crippen molar-refractivity contribution in [3.05, 3.63) is 0 Å². The monoisotopic (exact) mass is 346 g/mol. The molecule has 2 aliphatic rings. The number of hydrogen-bond acceptors (Lipinski definition) is 4. The Morgan fingerprint density at radius 3 is 2.45 bits per heavy atom. The highest BCUT2D eigenvalue weighted by molar-refractivity contribution is 7.87. The maximum absolute atomic E-state index is 12.0. The summed E-state index contributed by atoms with van der Waals surface area (Å²) in [6.07, 6.45) is -1.62. The minimum atomic E-state index is -4.59. The largest absolute Gasteiger partial charge is 0.402 e. The molecular weight excluding hydrogens is 325 g/mol. The summed E-state index contributed by atoms with van der Waals surface area (Å²) in [6.45, 7) is 0.659. The van der Waals surface area contributed by atoms with Gasteiger partial charge in [0.2, 0.25) is 0 Å². The Labute approximate surface area is 127 Å². The zero-order chi connectivity index (χ0) is 16.4. The van der Waals surface area contributed by atoms with Gasteiger partial charge >= 0.3 is 6.18 Å². The number of rotatable bonds is 5. The number of hydrogen-bond donors (Lipinski definition) is 2. The summed E-state index contributed by atoms with van der Waals surface area (Å²) in [5, 5.41) is 0. The third-order valence-corrected chi connectivity index (χ3v) is 4.98. The zero-order valence-corrected chi connectivity index (χ0v) is 13.1. The van der Waals surface area contributed by atoms with E-state index in [4.69, 9.17) is 9.47 Å². The van der Waals surface area contributed by atoms with Gasteiger partial charge in [-0.25, -0.2) is 0 Å². The molecule has 130 valence electrons.